The zero-order valence-electron chi connectivity index (χ0n) is 7.47. The standard InChI is InChI=1S/C8H7F3N2O2/c9-8(10,11)7(1-2-7)5(14)13-6-12-3-4-15-6/h3-4H,1-2H2,(H,12,13,14). The fourth-order valence-electron chi connectivity index (χ4n) is 1.27. The number of nitrogens with one attached hydrogen (secondary N) is 1. The van der Waals surface area contributed by atoms with E-state index < -0.39 is 17.5 Å². The Hall–Kier alpha value is -1.53. The maximum Gasteiger partial charge on any atom is 0.403 e. The van der Waals surface area contributed by atoms with Crippen LogP contribution in [-0.4, -0.2) is 17.1 Å². The lowest BCUT2D eigenvalue weighted by atomic mass is 10.1. The van der Waals surface area contributed by atoms with Crippen molar-refractivity contribution >= 4 is 11.9 Å². The molecule has 1 saturated carbocycles. The van der Waals surface area contributed by atoms with Gasteiger partial charge in [0.05, 0.1) is 6.20 Å². The molecule has 0 atom stereocenters. The van der Waals surface area contributed by atoms with Crippen LogP contribution in [0.3, 0.4) is 0 Å². The third-order valence-corrected chi connectivity index (χ3v) is 2.38. The number of carbonyl (C=O) groups is 1. The van der Waals surface area contributed by atoms with Crippen LogP contribution in [0.5, 0.6) is 0 Å². The summed E-state index contributed by atoms with van der Waals surface area (Å²) in [6, 6.07) is -0.212. The Labute approximate surface area is 82.5 Å². The molecular weight excluding hydrogens is 213 g/mol. The smallest absolute Gasteiger partial charge is 0.403 e. The Morgan fingerprint density at radius 3 is 2.60 bits per heavy atom. The van der Waals surface area contributed by atoms with Crippen molar-refractivity contribution in [1.82, 2.24) is 4.98 Å². The van der Waals surface area contributed by atoms with Crippen molar-refractivity contribution in [3.05, 3.63) is 12.5 Å². The van der Waals surface area contributed by atoms with Gasteiger partial charge in [-0.25, -0.2) is 4.98 Å². The van der Waals surface area contributed by atoms with Crippen LogP contribution >= 0.6 is 0 Å². The second-order valence-corrected chi connectivity index (χ2v) is 3.37. The van der Waals surface area contributed by atoms with Crippen molar-refractivity contribution in [2.45, 2.75) is 19.0 Å². The largest absolute Gasteiger partial charge is 0.432 e. The average Bonchev–Trinajstić information content (AvgIpc) is 2.81. The molecule has 2 rings (SSSR count). The van der Waals surface area contributed by atoms with Crippen molar-refractivity contribution in [3.63, 3.8) is 0 Å². The normalized spacial score (nSPS) is 18.6. The van der Waals surface area contributed by atoms with Crippen LogP contribution in [0.2, 0.25) is 0 Å². The third-order valence-electron chi connectivity index (χ3n) is 2.38. The highest BCUT2D eigenvalue weighted by molar-refractivity contribution is 5.96. The summed E-state index contributed by atoms with van der Waals surface area (Å²) in [5.74, 6) is -1.10. The molecule has 4 nitrogen and oxygen atoms in total. The zero-order chi connectivity index (χ0) is 11.1. The van der Waals surface area contributed by atoms with Gasteiger partial charge in [-0.05, 0) is 12.8 Å². The topological polar surface area (TPSA) is 55.1 Å². The molecule has 1 aliphatic carbocycles. The summed E-state index contributed by atoms with van der Waals surface area (Å²) in [6.07, 6.45) is -2.46. The van der Waals surface area contributed by atoms with E-state index in [0.717, 1.165) is 0 Å². The zero-order valence-corrected chi connectivity index (χ0v) is 7.47. The van der Waals surface area contributed by atoms with Crippen LogP contribution in [0.4, 0.5) is 19.2 Å². The second-order valence-electron chi connectivity index (χ2n) is 3.37. The number of nitrogens with zero attached hydrogens (tertiary/aromatic N) is 1. The van der Waals surface area contributed by atoms with E-state index in [1.807, 2.05) is 5.32 Å². The molecule has 7 heteroatoms. The number of hydrogen-bond donors (Lipinski definition) is 1. The Balaban J connectivity index is 2.09. The number of alkyl halides is 3. The van der Waals surface area contributed by atoms with Gasteiger partial charge < -0.3 is 4.42 Å². The molecule has 0 bridgehead atoms. The first kappa shape index (κ1) is 10.0. The maximum absolute atomic E-state index is 12.5. The van der Waals surface area contributed by atoms with Gasteiger partial charge in [0.1, 0.15) is 11.7 Å². The van der Waals surface area contributed by atoms with Crippen molar-refractivity contribution in [3.8, 4) is 0 Å². The van der Waals surface area contributed by atoms with Gasteiger partial charge in [0.15, 0.2) is 0 Å². The van der Waals surface area contributed by atoms with Gasteiger partial charge in [0.25, 0.3) is 0 Å². The van der Waals surface area contributed by atoms with Gasteiger partial charge in [0, 0.05) is 0 Å². The molecule has 1 aromatic heterocycles. The van der Waals surface area contributed by atoms with Gasteiger partial charge in [-0.15, -0.1) is 0 Å². The van der Waals surface area contributed by atoms with E-state index in [9.17, 15) is 18.0 Å². The summed E-state index contributed by atoms with van der Waals surface area (Å²) in [5, 5.41) is 1.99. The van der Waals surface area contributed by atoms with E-state index in [1.165, 1.54) is 12.5 Å². The lowest BCUT2D eigenvalue weighted by Crippen LogP contribution is -2.37. The maximum atomic E-state index is 12.5. The molecule has 1 N–H and O–H groups in total. The molecule has 0 radical (unpaired) electrons. The van der Waals surface area contributed by atoms with Gasteiger partial charge in [0.2, 0.25) is 5.91 Å². The van der Waals surface area contributed by atoms with Crippen molar-refractivity contribution in [2.24, 2.45) is 5.41 Å². The van der Waals surface area contributed by atoms with E-state index >= 15 is 0 Å². The van der Waals surface area contributed by atoms with E-state index in [2.05, 4.69) is 9.40 Å². The second kappa shape index (κ2) is 2.98. The summed E-state index contributed by atoms with van der Waals surface area (Å²) >= 11 is 0. The summed E-state index contributed by atoms with van der Waals surface area (Å²) in [4.78, 5) is 14.8. The number of carbonyl (C=O) groups excluding carboxylic acids is 1. The number of oxazole rings is 1. The van der Waals surface area contributed by atoms with E-state index in [1.54, 1.807) is 0 Å². The van der Waals surface area contributed by atoms with E-state index in [0.29, 0.717) is 0 Å². The monoisotopic (exact) mass is 220 g/mol. The third kappa shape index (κ3) is 1.57. The summed E-state index contributed by atoms with van der Waals surface area (Å²) in [5.41, 5.74) is -2.23. The Kier molecular flexibility index (Phi) is 1.99. The minimum Gasteiger partial charge on any atom is -0.432 e. The minimum absolute atomic E-state index is 0.178. The van der Waals surface area contributed by atoms with Crippen LogP contribution in [0.1, 0.15) is 12.8 Å². The van der Waals surface area contributed by atoms with Crippen LogP contribution in [0.15, 0.2) is 16.9 Å². The molecule has 0 aromatic carbocycles. The van der Waals surface area contributed by atoms with Crippen molar-refractivity contribution in [2.75, 3.05) is 5.32 Å². The lowest BCUT2D eigenvalue weighted by molar-refractivity contribution is -0.189. The molecule has 0 unspecified atom stereocenters. The van der Waals surface area contributed by atoms with Crippen molar-refractivity contribution < 1.29 is 22.4 Å². The predicted molar refractivity (Wildman–Crippen MR) is 42.9 cm³/mol. The molecule has 0 spiro atoms. The highest BCUT2D eigenvalue weighted by atomic mass is 19.4. The van der Waals surface area contributed by atoms with E-state index in [4.69, 9.17) is 0 Å². The molecule has 82 valence electrons. The molecule has 1 heterocycles. The molecular formula is C8H7F3N2O2. The summed E-state index contributed by atoms with van der Waals surface area (Å²) in [6.45, 7) is 0. The first-order valence-electron chi connectivity index (χ1n) is 4.23. The molecule has 0 saturated heterocycles. The van der Waals surface area contributed by atoms with Gasteiger partial charge in [-0.3, -0.25) is 10.1 Å². The van der Waals surface area contributed by atoms with Crippen LogP contribution < -0.4 is 5.32 Å². The number of rotatable bonds is 2. The lowest BCUT2D eigenvalue weighted by Gasteiger charge is -2.16. The Bertz CT molecular complexity index is 368. The fraction of sp³-hybridized carbons (Fsp3) is 0.500. The molecule has 1 amide bonds. The number of hydrogen-bond acceptors (Lipinski definition) is 3. The van der Waals surface area contributed by atoms with Crippen LogP contribution in [-0.2, 0) is 4.79 Å². The van der Waals surface area contributed by atoms with Crippen LogP contribution in [0, 0.1) is 5.41 Å². The number of anilines is 1. The number of aromatic nitrogens is 1. The first-order valence-corrected chi connectivity index (χ1v) is 4.23. The van der Waals surface area contributed by atoms with Gasteiger partial charge in [-0.1, -0.05) is 0 Å². The van der Waals surface area contributed by atoms with Gasteiger partial charge >= 0.3 is 12.2 Å². The SMILES string of the molecule is O=C(Nc1ncco1)C1(C(F)(F)F)CC1. The molecule has 1 aliphatic rings. The summed E-state index contributed by atoms with van der Waals surface area (Å²) < 4.78 is 42.0. The Morgan fingerprint density at radius 1 is 1.53 bits per heavy atom. The number of halogens is 3. The Morgan fingerprint density at radius 2 is 2.20 bits per heavy atom. The molecule has 1 fully saturated rings. The number of amides is 1. The highest BCUT2D eigenvalue weighted by Crippen LogP contribution is 2.58. The molecule has 15 heavy (non-hydrogen) atoms. The first-order chi connectivity index (χ1) is 6.96. The minimum atomic E-state index is -4.51. The summed E-state index contributed by atoms with van der Waals surface area (Å²) in [7, 11) is 0. The van der Waals surface area contributed by atoms with Gasteiger partial charge in [-0.2, -0.15) is 13.2 Å². The quantitative estimate of drug-likeness (QED) is 0.828. The fourth-order valence-corrected chi connectivity index (χ4v) is 1.27. The molecule has 0 aliphatic heterocycles. The molecule has 1 aromatic rings. The van der Waals surface area contributed by atoms with E-state index in [-0.39, 0.29) is 18.9 Å². The van der Waals surface area contributed by atoms with Crippen molar-refractivity contribution in [1.29, 1.82) is 0 Å². The predicted octanol–water partition coefficient (Wildman–Crippen LogP) is 1.96. The highest BCUT2D eigenvalue weighted by Gasteiger charge is 2.68. The van der Waals surface area contributed by atoms with Crippen LogP contribution in [0.25, 0.3) is 0 Å². The average molecular weight is 220 g/mol.